The molecule has 1 amide bonds. The number of nitrogens with zero attached hydrogens (tertiary/aromatic N) is 1. The second kappa shape index (κ2) is 8.79. The van der Waals surface area contributed by atoms with Crippen LogP contribution in [0.2, 0.25) is 0 Å². The van der Waals surface area contributed by atoms with Crippen LogP contribution in [0.25, 0.3) is 16.2 Å². The number of amides is 1. The number of hydrogen-bond acceptors (Lipinski definition) is 4. The van der Waals surface area contributed by atoms with Gasteiger partial charge in [0.25, 0.3) is 5.91 Å². The number of anilines is 1. The van der Waals surface area contributed by atoms with Gasteiger partial charge in [-0.05, 0) is 42.3 Å². The molecule has 2 aromatic heterocycles. The lowest BCUT2D eigenvalue weighted by Crippen LogP contribution is -2.15. The van der Waals surface area contributed by atoms with E-state index in [1.165, 1.54) is 11.3 Å². The van der Waals surface area contributed by atoms with Gasteiger partial charge in [0.2, 0.25) is 0 Å². The molecule has 2 heterocycles. The average molecular weight is 412 g/mol. The Balaban J connectivity index is 1.89. The lowest BCUT2D eigenvalue weighted by Gasteiger charge is -2.10. The first-order valence-electron chi connectivity index (χ1n) is 8.63. The Kier molecular flexibility index (Phi) is 6.19. The van der Waals surface area contributed by atoms with Crippen molar-refractivity contribution < 1.29 is 18.3 Å². The molecule has 0 spiro atoms. The minimum Gasteiger partial charge on any atom is -0.496 e. The number of ether oxygens (including phenoxy) is 1. The van der Waals surface area contributed by atoms with Crippen LogP contribution in [-0.2, 0) is 4.74 Å². The number of aryl methyl sites for hydroxylation is 1. The van der Waals surface area contributed by atoms with E-state index in [0.29, 0.717) is 10.8 Å². The van der Waals surface area contributed by atoms with Crippen LogP contribution in [0.5, 0.6) is 0 Å². The molecule has 0 aliphatic carbocycles. The van der Waals surface area contributed by atoms with Crippen molar-refractivity contribution in [3.05, 3.63) is 89.8 Å². The highest BCUT2D eigenvalue weighted by Gasteiger charge is 2.19. The molecule has 1 N–H and O–H groups in total. The van der Waals surface area contributed by atoms with Gasteiger partial charge in [0, 0.05) is 10.4 Å². The number of allylic oxidation sites excluding steroid dienone is 2. The summed E-state index contributed by atoms with van der Waals surface area (Å²) in [5.74, 6) is -2.21. The number of hydrogen-bond donors (Lipinski definition) is 1. The number of thiophene rings is 1. The molecule has 0 bridgehead atoms. The van der Waals surface area contributed by atoms with E-state index in [-0.39, 0.29) is 0 Å². The normalized spacial score (nSPS) is 11.2. The molecule has 0 unspecified atom stereocenters. The number of halogens is 2. The maximum Gasteiger partial charge on any atom is 0.262 e. The third-order valence-corrected chi connectivity index (χ3v) is 5.23. The lowest BCUT2D eigenvalue weighted by molar-refractivity contribution is 0.101. The number of nitrogens with one attached hydrogen (secondary N) is 1. The molecule has 1 aromatic carbocycles. The maximum atomic E-state index is 13.8. The Hall–Kier alpha value is -3.32. The molecular weight excluding hydrogens is 394 g/mol. The van der Waals surface area contributed by atoms with E-state index in [2.05, 4.69) is 16.9 Å². The van der Waals surface area contributed by atoms with Gasteiger partial charge in [0.1, 0.15) is 11.3 Å². The van der Waals surface area contributed by atoms with E-state index in [1.807, 2.05) is 31.2 Å². The Labute approximate surface area is 171 Å². The zero-order valence-electron chi connectivity index (χ0n) is 15.8. The fourth-order valence-electron chi connectivity index (χ4n) is 2.78. The van der Waals surface area contributed by atoms with Gasteiger partial charge < -0.3 is 10.1 Å². The third kappa shape index (κ3) is 4.41. The topological polar surface area (TPSA) is 51.2 Å². The molecule has 4 nitrogen and oxygen atoms in total. The van der Waals surface area contributed by atoms with Crippen LogP contribution in [0.15, 0.2) is 61.5 Å². The Bertz CT molecular complexity index is 1090. The monoisotopic (exact) mass is 412 g/mol. The minimum absolute atomic E-state index is 0.471. The van der Waals surface area contributed by atoms with Gasteiger partial charge in [-0.1, -0.05) is 24.8 Å². The quantitative estimate of drug-likeness (QED) is 0.410. The summed E-state index contributed by atoms with van der Waals surface area (Å²) in [4.78, 5) is 16.6. The number of carbonyl (C=O) groups is 1. The molecule has 0 saturated heterocycles. The first kappa shape index (κ1) is 20.4. The molecule has 0 radical (unpaired) electrons. The predicted molar refractivity (Wildman–Crippen MR) is 112 cm³/mol. The van der Waals surface area contributed by atoms with E-state index in [9.17, 15) is 13.6 Å². The van der Waals surface area contributed by atoms with Crippen molar-refractivity contribution in [1.29, 1.82) is 0 Å². The van der Waals surface area contributed by atoms with E-state index in [4.69, 9.17) is 4.74 Å². The van der Waals surface area contributed by atoms with Gasteiger partial charge in [-0.3, -0.25) is 9.78 Å². The Morgan fingerprint density at radius 2 is 1.93 bits per heavy atom. The number of aromatic nitrogens is 1. The number of pyridine rings is 1. The van der Waals surface area contributed by atoms with E-state index < -0.39 is 23.1 Å². The summed E-state index contributed by atoms with van der Waals surface area (Å²) in [5.41, 5.74) is 2.22. The van der Waals surface area contributed by atoms with Gasteiger partial charge in [-0.2, -0.15) is 0 Å². The number of carbonyl (C=O) groups excluding carboxylic acids is 1. The largest absolute Gasteiger partial charge is 0.496 e. The molecule has 0 atom stereocenters. The third-order valence-electron chi connectivity index (χ3n) is 4.20. The van der Waals surface area contributed by atoms with Gasteiger partial charge in [0.15, 0.2) is 11.6 Å². The Morgan fingerprint density at radius 3 is 2.59 bits per heavy atom. The molecule has 3 aromatic rings. The number of benzene rings is 1. The van der Waals surface area contributed by atoms with Crippen molar-refractivity contribution in [2.75, 3.05) is 12.4 Å². The highest BCUT2D eigenvalue weighted by molar-refractivity contribution is 7.19. The van der Waals surface area contributed by atoms with E-state index in [0.717, 1.165) is 34.0 Å². The van der Waals surface area contributed by atoms with Crippen LogP contribution in [0.4, 0.5) is 13.8 Å². The predicted octanol–water partition coefficient (Wildman–Crippen LogP) is 5.82. The molecule has 3 rings (SSSR count). The second-order valence-electron chi connectivity index (χ2n) is 6.10. The number of rotatable bonds is 6. The molecule has 0 aliphatic rings. The van der Waals surface area contributed by atoms with E-state index in [1.54, 1.807) is 25.3 Å². The summed E-state index contributed by atoms with van der Waals surface area (Å²) < 4.78 is 32.9. The van der Waals surface area contributed by atoms with Crippen LogP contribution >= 0.6 is 11.3 Å². The molecular formula is C22H18F2N2O2S. The summed E-state index contributed by atoms with van der Waals surface area (Å²) >= 11 is 1.30. The molecule has 0 fully saturated rings. The zero-order chi connectivity index (χ0) is 21.0. The van der Waals surface area contributed by atoms with Crippen molar-refractivity contribution in [1.82, 2.24) is 4.98 Å². The summed E-state index contributed by atoms with van der Waals surface area (Å²) in [5, 5.41) is 3.01. The summed E-state index contributed by atoms with van der Waals surface area (Å²) in [6, 6.07) is 9.43. The first-order valence-corrected chi connectivity index (χ1v) is 9.44. The zero-order valence-corrected chi connectivity index (χ0v) is 16.6. The fraction of sp³-hybridized carbons (Fsp3) is 0.0909. The van der Waals surface area contributed by atoms with Crippen LogP contribution < -0.4 is 5.32 Å². The summed E-state index contributed by atoms with van der Waals surface area (Å²) in [7, 11) is 1.59. The molecule has 0 aliphatic heterocycles. The summed E-state index contributed by atoms with van der Waals surface area (Å²) in [6.07, 6.45) is 5.02. The van der Waals surface area contributed by atoms with Crippen molar-refractivity contribution in [2.45, 2.75) is 6.92 Å². The van der Waals surface area contributed by atoms with Gasteiger partial charge in [-0.15, -0.1) is 11.3 Å². The van der Waals surface area contributed by atoms with Crippen molar-refractivity contribution >= 4 is 28.0 Å². The standard InChI is InChI=1S/C22H18F2N2O2S/c1-4-5-18(28-3)14-7-6-13(2)15(10-14)19-8-9-20(29-19)26-22(27)21-16(23)11-25-12-17(21)24/h4-12H,1H2,2-3H3,(H,26,27)/b18-5-. The molecule has 29 heavy (non-hydrogen) atoms. The average Bonchev–Trinajstić information content (AvgIpc) is 3.14. The van der Waals surface area contributed by atoms with E-state index >= 15 is 0 Å². The van der Waals surface area contributed by atoms with Crippen LogP contribution in [0.1, 0.15) is 21.5 Å². The maximum absolute atomic E-state index is 13.8. The van der Waals surface area contributed by atoms with Crippen LogP contribution in [0, 0.1) is 18.6 Å². The van der Waals surface area contributed by atoms with Crippen molar-refractivity contribution in [3.63, 3.8) is 0 Å². The smallest absolute Gasteiger partial charge is 0.262 e. The minimum atomic E-state index is -1.01. The van der Waals surface area contributed by atoms with Crippen molar-refractivity contribution in [2.24, 2.45) is 0 Å². The molecule has 0 saturated carbocycles. The highest BCUT2D eigenvalue weighted by Crippen LogP contribution is 2.35. The summed E-state index contributed by atoms with van der Waals surface area (Å²) in [6.45, 7) is 5.66. The number of methoxy groups -OCH3 is 1. The van der Waals surface area contributed by atoms with Gasteiger partial charge in [-0.25, -0.2) is 8.78 Å². The van der Waals surface area contributed by atoms with Crippen LogP contribution in [-0.4, -0.2) is 18.0 Å². The fourth-order valence-corrected chi connectivity index (χ4v) is 3.77. The van der Waals surface area contributed by atoms with Crippen molar-refractivity contribution in [3.8, 4) is 10.4 Å². The first-order chi connectivity index (χ1) is 13.9. The van der Waals surface area contributed by atoms with Gasteiger partial charge >= 0.3 is 0 Å². The molecule has 148 valence electrons. The lowest BCUT2D eigenvalue weighted by atomic mass is 10.0. The van der Waals surface area contributed by atoms with Gasteiger partial charge in [0.05, 0.1) is 24.5 Å². The SMILES string of the molecule is C=C/C=C(\OC)c1ccc(C)c(-c2ccc(NC(=O)c3c(F)cncc3F)s2)c1. The second-order valence-corrected chi connectivity index (χ2v) is 7.18. The highest BCUT2D eigenvalue weighted by atomic mass is 32.1. The van der Waals surface area contributed by atoms with Crippen LogP contribution in [0.3, 0.4) is 0 Å². The Morgan fingerprint density at radius 1 is 1.21 bits per heavy atom. The molecule has 7 heteroatoms.